The maximum Gasteiger partial charge on any atom is 0.164 e. The maximum atomic E-state index is 5.71. The summed E-state index contributed by atoms with van der Waals surface area (Å²) in [6, 6.07) is 4.15. The summed E-state index contributed by atoms with van der Waals surface area (Å²) in [5.74, 6) is 1.84. The van der Waals surface area contributed by atoms with Crippen molar-refractivity contribution in [1.29, 1.82) is 0 Å². The molecular formula is C13H19NO2. The minimum absolute atomic E-state index is 0.651. The lowest BCUT2D eigenvalue weighted by Crippen LogP contribution is -2.17. The summed E-state index contributed by atoms with van der Waals surface area (Å²) in [6.07, 6.45) is 3.02. The van der Waals surface area contributed by atoms with Gasteiger partial charge >= 0.3 is 0 Å². The standard InChI is InChI=1S/C13H19NO2/c1-2-11-10(4-3-7-14)5-6-12-13(11)16-9-8-15-12/h5-6H,2-4,7-9,14H2,1H3. The molecule has 3 heteroatoms. The van der Waals surface area contributed by atoms with Gasteiger partial charge < -0.3 is 15.2 Å². The van der Waals surface area contributed by atoms with Gasteiger partial charge in [-0.05, 0) is 37.4 Å². The lowest BCUT2D eigenvalue weighted by Gasteiger charge is -2.22. The van der Waals surface area contributed by atoms with Crippen LogP contribution in [-0.4, -0.2) is 19.8 Å². The van der Waals surface area contributed by atoms with E-state index in [9.17, 15) is 0 Å². The van der Waals surface area contributed by atoms with E-state index in [4.69, 9.17) is 15.2 Å². The molecule has 16 heavy (non-hydrogen) atoms. The zero-order chi connectivity index (χ0) is 11.4. The average Bonchev–Trinajstić information content (AvgIpc) is 2.35. The fourth-order valence-corrected chi connectivity index (χ4v) is 2.13. The summed E-state index contributed by atoms with van der Waals surface area (Å²) >= 11 is 0. The molecule has 0 spiro atoms. The zero-order valence-electron chi connectivity index (χ0n) is 9.79. The topological polar surface area (TPSA) is 44.5 Å². The Balaban J connectivity index is 2.31. The Labute approximate surface area is 96.5 Å². The van der Waals surface area contributed by atoms with Crippen molar-refractivity contribution in [3.05, 3.63) is 23.3 Å². The summed E-state index contributed by atoms with van der Waals surface area (Å²) < 4.78 is 11.3. The molecule has 0 fully saturated rings. The number of nitrogens with two attached hydrogens (primary N) is 1. The molecule has 1 heterocycles. The highest BCUT2D eigenvalue weighted by Crippen LogP contribution is 2.36. The van der Waals surface area contributed by atoms with E-state index in [-0.39, 0.29) is 0 Å². The molecule has 0 aromatic heterocycles. The molecule has 0 saturated heterocycles. The second-order valence-corrected chi connectivity index (χ2v) is 3.97. The van der Waals surface area contributed by atoms with E-state index in [1.807, 2.05) is 6.07 Å². The number of benzene rings is 1. The number of rotatable bonds is 4. The van der Waals surface area contributed by atoms with Gasteiger partial charge in [0.1, 0.15) is 13.2 Å². The Kier molecular flexibility index (Phi) is 3.67. The molecule has 0 saturated carbocycles. The lowest BCUT2D eigenvalue weighted by molar-refractivity contribution is 0.170. The molecule has 88 valence electrons. The Hall–Kier alpha value is -1.22. The van der Waals surface area contributed by atoms with Crippen LogP contribution in [-0.2, 0) is 12.8 Å². The van der Waals surface area contributed by atoms with Crippen LogP contribution in [0.5, 0.6) is 11.5 Å². The highest BCUT2D eigenvalue weighted by atomic mass is 16.6. The van der Waals surface area contributed by atoms with Gasteiger partial charge in [0.2, 0.25) is 0 Å². The molecular weight excluding hydrogens is 202 g/mol. The van der Waals surface area contributed by atoms with Crippen molar-refractivity contribution in [2.45, 2.75) is 26.2 Å². The van der Waals surface area contributed by atoms with Crippen LogP contribution in [0.4, 0.5) is 0 Å². The van der Waals surface area contributed by atoms with Gasteiger partial charge in [-0.15, -0.1) is 0 Å². The minimum Gasteiger partial charge on any atom is -0.486 e. The monoisotopic (exact) mass is 221 g/mol. The van der Waals surface area contributed by atoms with Crippen molar-refractivity contribution < 1.29 is 9.47 Å². The fraction of sp³-hybridized carbons (Fsp3) is 0.538. The zero-order valence-corrected chi connectivity index (χ0v) is 9.79. The molecule has 0 amide bonds. The quantitative estimate of drug-likeness (QED) is 0.844. The van der Waals surface area contributed by atoms with Crippen molar-refractivity contribution in [3.8, 4) is 11.5 Å². The largest absolute Gasteiger partial charge is 0.486 e. The molecule has 0 bridgehead atoms. The van der Waals surface area contributed by atoms with Gasteiger partial charge in [-0.25, -0.2) is 0 Å². The maximum absolute atomic E-state index is 5.71. The summed E-state index contributed by atoms with van der Waals surface area (Å²) in [5, 5.41) is 0. The molecule has 1 aliphatic heterocycles. The lowest BCUT2D eigenvalue weighted by atomic mass is 9.99. The number of fused-ring (bicyclic) bond motifs is 1. The van der Waals surface area contributed by atoms with Gasteiger partial charge in [0.25, 0.3) is 0 Å². The second-order valence-electron chi connectivity index (χ2n) is 3.97. The molecule has 1 aliphatic rings. The predicted molar refractivity (Wildman–Crippen MR) is 64.2 cm³/mol. The van der Waals surface area contributed by atoms with Crippen LogP contribution in [0.3, 0.4) is 0 Å². The predicted octanol–water partition coefficient (Wildman–Crippen LogP) is 1.91. The third-order valence-electron chi connectivity index (χ3n) is 2.91. The van der Waals surface area contributed by atoms with Crippen molar-refractivity contribution in [2.75, 3.05) is 19.8 Å². The van der Waals surface area contributed by atoms with Gasteiger partial charge in [-0.1, -0.05) is 13.0 Å². The van der Waals surface area contributed by atoms with Gasteiger partial charge in [-0.3, -0.25) is 0 Å². The Morgan fingerprint density at radius 1 is 1.25 bits per heavy atom. The molecule has 0 atom stereocenters. The van der Waals surface area contributed by atoms with E-state index in [1.54, 1.807) is 0 Å². The van der Waals surface area contributed by atoms with E-state index in [0.717, 1.165) is 37.3 Å². The average molecular weight is 221 g/mol. The molecule has 0 radical (unpaired) electrons. The van der Waals surface area contributed by atoms with E-state index < -0.39 is 0 Å². The first-order valence-electron chi connectivity index (χ1n) is 5.97. The number of ether oxygens (including phenoxy) is 2. The van der Waals surface area contributed by atoms with Gasteiger partial charge in [0.15, 0.2) is 11.5 Å². The van der Waals surface area contributed by atoms with Crippen LogP contribution in [0.2, 0.25) is 0 Å². The summed E-state index contributed by atoms with van der Waals surface area (Å²) in [6.45, 7) is 4.19. The summed E-state index contributed by atoms with van der Waals surface area (Å²) in [7, 11) is 0. The van der Waals surface area contributed by atoms with Gasteiger partial charge in [0.05, 0.1) is 0 Å². The molecule has 2 N–H and O–H groups in total. The Morgan fingerprint density at radius 2 is 2.06 bits per heavy atom. The number of hydrogen-bond acceptors (Lipinski definition) is 3. The highest BCUT2D eigenvalue weighted by molar-refractivity contribution is 5.51. The molecule has 2 rings (SSSR count). The summed E-state index contributed by atoms with van der Waals surface area (Å²) in [4.78, 5) is 0. The normalized spacial score (nSPS) is 13.9. The minimum atomic E-state index is 0.651. The van der Waals surface area contributed by atoms with Crippen LogP contribution in [0.1, 0.15) is 24.5 Å². The molecule has 1 aromatic carbocycles. The van der Waals surface area contributed by atoms with Crippen LogP contribution in [0.25, 0.3) is 0 Å². The van der Waals surface area contributed by atoms with E-state index >= 15 is 0 Å². The van der Waals surface area contributed by atoms with E-state index in [2.05, 4.69) is 13.0 Å². The van der Waals surface area contributed by atoms with Gasteiger partial charge in [-0.2, -0.15) is 0 Å². The van der Waals surface area contributed by atoms with Gasteiger partial charge in [0, 0.05) is 5.56 Å². The van der Waals surface area contributed by atoms with Crippen LogP contribution >= 0.6 is 0 Å². The molecule has 3 nitrogen and oxygen atoms in total. The summed E-state index contributed by atoms with van der Waals surface area (Å²) in [5.41, 5.74) is 8.18. The van der Waals surface area contributed by atoms with Crippen molar-refractivity contribution in [1.82, 2.24) is 0 Å². The fourth-order valence-electron chi connectivity index (χ4n) is 2.13. The second kappa shape index (κ2) is 5.21. The SMILES string of the molecule is CCc1c(CCCN)ccc2c1OCCO2. The van der Waals surface area contributed by atoms with Crippen molar-refractivity contribution in [2.24, 2.45) is 5.73 Å². The molecule has 0 aliphatic carbocycles. The van der Waals surface area contributed by atoms with Crippen LogP contribution < -0.4 is 15.2 Å². The smallest absolute Gasteiger partial charge is 0.164 e. The first-order chi connectivity index (χ1) is 7.86. The van der Waals surface area contributed by atoms with Crippen LogP contribution in [0.15, 0.2) is 12.1 Å². The van der Waals surface area contributed by atoms with Crippen molar-refractivity contribution in [3.63, 3.8) is 0 Å². The third-order valence-corrected chi connectivity index (χ3v) is 2.91. The first kappa shape index (κ1) is 11.3. The van der Waals surface area contributed by atoms with E-state index in [0.29, 0.717) is 13.2 Å². The third kappa shape index (κ3) is 2.14. The van der Waals surface area contributed by atoms with Crippen molar-refractivity contribution >= 4 is 0 Å². The number of hydrogen-bond donors (Lipinski definition) is 1. The van der Waals surface area contributed by atoms with E-state index in [1.165, 1.54) is 11.1 Å². The Morgan fingerprint density at radius 3 is 2.81 bits per heavy atom. The number of aryl methyl sites for hydroxylation is 1. The highest BCUT2D eigenvalue weighted by Gasteiger charge is 2.17. The van der Waals surface area contributed by atoms with Crippen LogP contribution in [0, 0.1) is 0 Å². The first-order valence-corrected chi connectivity index (χ1v) is 5.97. The Bertz CT molecular complexity index is 363. The molecule has 1 aromatic rings. The molecule has 0 unspecified atom stereocenters.